The average Bonchev–Trinajstić information content (AvgIpc) is 2.82. The Morgan fingerprint density at radius 2 is 1.79 bits per heavy atom. The Hall–Kier alpha value is -2.02. The highest BCUT2D eigenvalue weighted by Crippen LogP contribution is 2.24. The maximum absolute atomic E-state index is 12.1. The van der Waals surface area contributed by atoms with Crippen molar-refractivity contribution in [3.05, 3.63) is 74.6 Å². The number of azo groups is 1. The molecule has 24 heavy (non-hydrogen) atoms. The first-order valence-electron chi connectivity index (χ1n) is 6.96. The average molecular weight is 379 g/mol. The first-order valence-corrected chi connectivity index (χ1v) is 8.17. The van der Waals surface area contributed by atoms with Crippen molar-refractivity contribution >= 4 is 47.3 Å². The summed E-state index contributed by atoms with van der Waals surface area (Å²) in [6.07, 6.45) is 0. The number of hydrogen-bond donors (Lipinski definition) is 2. The Kier molecular flexibility index (Phi) is 5.08. The number of halogens is 2. The van der Waals surface area contributed by atoms with Gasteiger partial charge in [0.1, 0.15) is 5.03 Å². The Bertz CT molecular complexity index is 947. The molecule has 1 N–H and O–H groups in total. The molecule has 0 saturated heterocycles. The highest BCUT2D eigenvalue weighted by Gasteiger charge is 2.11. The second-order valence-corrected chi connectivity index (χ2v) is 6.29. The maximum Gasteiger partial charge on any atom is 0.328 e. The molecule has 0 bridgehead atoms. The van der Waals surface area contributed by atoms with E-state index in [9.17, 15) is 4.79 Å². The minimum atomic E-state index is -0.310. The predicted molar refractivity (Wildman–Crippen MR) is 98.5 cm³/mol. The fourth-order valence-corrected chi connectivity index (χ4v) is 2.66. The van der Waals surface area contributed by atoms with E-state index in [0.717, 1.165) is 5.56 Å². The predicted octanol–water partition coefficient (Wildman–Crippen LogP) is 5.24. The van der Waals surface area contributed by atoms with E-state index in [1.807, 2.05) is 12.1 Å². The molecule has 0 aliphatic heterocycles. The molecule has 0 aliphatic carbocycles. The summed E-state index contributed by atoms with van der Waals surface area (Å²) in [5.41, 5.74) is 1.20. The first-order chi connectivity index (χ1) is 11.5. The van der Waals surface area contributed by atoms with Crippen molar-refractivity contribution in [2.75, 3.05) is 0 Å². The van der Waals surface area contributed by atoms with Gasteiger partial charge in [-0.05, 0) is 35.9 Å². The molecule has 122 valence electrons. The summed E-state index contributed by atoms with van der Waals surface area (Å²) < 4.78 is 1.47. The number of thiol groups is 1. The van der Waals surface area contributed by atoms with E-state index in [-0.39, 0.29) is 11.5 Å². The Morgan fingerprint density at radius 3 is 2.50 bits per heavy atom. The third-order valence-corrected chi connectivity index (χ3v) is 4.21. The van der Waals surface area contributed by atoms with Crippen molar-refractivity contribution in [2.24, 2.45) is 10.2 Å². The molecular weight excluding hydrogens is 367 g/mol. The smallest absolute Gasteiger partial charge is 0.288 e. The van der Waals surface area contributed by atoms with Crippen LogP contribution in [0.4, 0.5) is 11.5 Å². The van der Waals surface area contributed by atoms with E-state index in [0.29, 0.717) is 27.3 Å². The van der Waals surface area contributed by atoms with Gasteiger partial charge in [-0.25, -0.2) is 4.79 Å². The first kappa shape index (κ1) is 16.8. The number of benzene rings is 2. The van der Waals surface area contributed by atoms with Crippen LogP contribution in [0.1, 0.15) is 5.56 Å². The van der Waals surface area contributed by atoms with Crippen molar-refractivity contribution in [3.63, 3.8) is 0 Å². The quantitative estimate of drug-likeness (QED) is 0.473. The van der Waals surface area contributed by atoms with Crippen LogP contribution < -0.4 is 5.69 Å². The van der Waals surface area contributed by atoms with Gasteiger partial charge in [0.05, 0.1) is 12.2 Å². The number of hydrogen-bond acceptors (Lipinski definition) is 4. The molecule has 0 saturated carbocycles. The molecule has 0 amide bonds. The standard InChI is InChI=1S/C16H12Cl2N4OS/c17-11-6-4-10(5-7-11)9-22-15(24)14(19-16(22)23)21-20-13-3-1-2-12(18)8-13/h1-8,24H,9H2,(H,19,23). The number of H-pyrrole nitrogens is 1. The Balaban J connectivity index is 1.86. The molecule has 1 heterocycles. The van der Waals surface area contributed by atoms with E-state index in [2.05, 4.69) is 27.8 Å². The van der Waals surface area contributed by atoms with Gasteiger partial charge in [-0.3, -0.25) is 9.55 Å². The number of aromatic amines is 1. The van der Waals surface area contributed by atoms with E-state index >= 15 is 0 Å². The number of aromatic nitrogens is 2. The number of imidazole rings is 1. The lowest BCUT2D eigenvalue weighted by molar-refractivity contribution is 0.702. The summed E-state index contributed by atoms with van der Waals surface area (Å²) >= 11 is 16.1. The van der Waals surface area contributed by atoms with Crippen LogP contribution in [0.3, 0.4) is 0 Å². The van der Waals surface area contributed by atoms with Crippen molar-refractivity contribution in [2.45, 2.75) is 11.6 Å². The van der Waals surface area contributed by atoms with Crippen LogP contribution in [0.2, 0.25) is 10.0 Å². The van der Waals surface area contributed by atoms with E-state index in [1.54, 1.807) is 36.4 Å². The van der Waals surface area contributed by atoms with Crippen LogP contribution in [0.5, 0.6) is 0 Å². The number of nitrogens with zero attached hydrogens (tertiary/aromatic N) is 3. The van der Waals surface area contributed by atoms with Gasteiger partial charge in [-0.1, -0.05) is 41.4 Å². The van der Waals surface area contributed by atoms with E-state index in [1.165, 1.54) is 4.57 Å². The monoisotopic (exact) mass is 378 g/mol. The summed E-state index contributed by atoms with van der Waals surface area (Å²) in [4.78, 5) is 14.7. The second-order valence-electron chi connectivity index (χ2n) is 4.99. The fourth-order valence-electron chi connectivity index (χ4n) is 2.08. The normalized spacial score (nSPS) is 11.3. The van der Waals surface area contributed by atoms with Gasteiger partial charge in [-0.2, -0.15) is 0 Å². The minimum absolute atomic E-state index is 0.289. The highest BCUT2D eigenvalue weighted by atomic mass is 35.5. The van der Waals surface area contributed by atoms with Crippen LogP contribution in [-0.4, -0.2) is 9.55 Å². The molecule has 8 heteroatoms. The van der Waals surface area contributed by atoms with Crippen LogP contribution >= 0.6 is 35.8 Å². The molecule has 0 fully saturated rings. The molecule has 0 radical (unpaired) electrons. The SMILES string of the molecule is O=c1[nH]c(N=Nc2cccc(Cl)c2)c(S)n1Cc1ccc(Cl)cc1. The number of nitrogens with one attached hydrogen (secondary N) is 1. The molecule has 1 aromatic heterocycles. The topological polar surface area (TPSA) is 62.5 Å². The summed E-state index contributed by atoms with van der Waals surface area (Å²) in [5.74, 6) is 0.289. The molecule has 0 aliphatic rings. The van der Waals surface area contributed by atoms with Crippen molar-refractivity contribution < 1.29 is 0 Å². The van der Waals surface area contributed by atoms with Crippen LogP contribution in [0.25, 0.3) is 0 Å². The molecule has 3 aromatic rings. The zero-order chi connectivity index (χ0) is 17.1. The Labute approximate surface area is 153 Å². The fraction of sp³-hybridized carbons (Fsp3) is 0.0625. The van der Waals surface area contributed by atoms with Gasteiger partial charge < -0.3 is 0 Å². The number of rotatable bonds is 4. The van der Waals surface area contributed by atoms with Crippen LogP contribution in [-0.2, 0) is 6.54 Å². The largest absolute Gasteiger partial charge is 0.328 e. The van der Waals surface area contributed by atoms with Crippen molar-refractivity contribution in [3.8, 4) is 0 Å². The maximum atomic E-state index is 12.1. The van der Waals surface area contributed by atoms with Crippen LogP contribution in [0.15, 0.2) is 68.6 Å². The molecule has 0 unspecified atom stereocenters. The van der Waals surface area contributed by atoms with Gasteiger partial charge in [0.2, 0.25) is 0 Å². The Morgan fingerprint density at radius 1 is 1.04 bits per heavy atom. The molecule has 3 rings (SSSR count). The minimum Gasteiger partial charge on any atom is -0.288 e. The lowest BCUT2D eigenvalue weighted by Crippen LogP contribution is -2.17. The lowest BCUT2D eigenvalue weighted by Gasteiger charge is -2.03. The third-order valence-electron chi connectivity index (χ3n) is 3.27. The van der Waals surface area contributed by atoms with Gasteiger partial charge in [0.25, 0.3) is 0 Å². The van der Waals surface area contributed by atoms with Gasteiger partial charge in [0, 0.05) is 10.0 Å². The molecule has 2 aromatic carbocycles. The van der Waals surface area contributed by atoms with Gasteiger partial charge in [-0.15, -0.1) is 22.9 Å². The molecule has 5 nitrogen and oxygen atoms in total. The summed E-state index contributed by atoms with van der Waals surface area (Å²) in [6.45, 7) is 0.359. The van der Waals surface area contributed by atoms with E-state index < -0.39 is 0 Å². The van der Waals surface area contributed by atoms with Gasteiger partial charge in [0.15, 0.2) is 5.82 Å². The third kappa shape index (κ3) is 3.90. The van der Waals surface area contributed by atoms with Crippen molar-refractivity contribution in [1.82, 2.24) is 9.55 Å². The van der Waals surface area contributed by atoms with E-state index in [4.69, 9.17) is 23.2 Å². The lowest BCUT2D eigenvalue weighted by atomic mass is 10.2. The molecule has 0 atom stereocenters. The summed E-state index contributed by atoms with van der Waals surface area (Å²) in [6, 6.07) is 14.2. The van der Waals surface area contributed by atoms with Crippen molar-refractivity contribution in [1.29, 1.82) is 0 Å². The zero-order valence-electron chi connectivity index (χ0n) is 12.3. The summed E-state index contributed by atoms with van der Waals surface area (Å²) in [5, 5.41) is 9.71. The second kappa shape index (κ2) is 7.25. The summed E-state index contributed by atoms with van der Waals surface area (Å²) in [7, 11) is 0. The zero-order valence-corrected chi connectivity index (χ0v) is 14.7. The molecular formula is C16H12Cl2N4OS. The van der Waals surface area contributed by atoms with Gasteiger partial charge >= 0.3 is 5.69 Å². The van der Waals surface area contributed by atoms with Crippen LogP contribution in [0, 0.1) is 0 Å². The highest BCUT2D eigenvalue weighted by molar-refractivity contribution is 7.80. The molecule has 0 spiro atoms.